The van der Waals surface area contributed by atoms with Gasteiger partial charge in [0, 0.05) is 28.1 Å². The van der Waals surface area contributed by atoms with Gasteiger partial charge in [0.1, 0.15) is 12.1 Å². The molecule has 6 nitrogen and oxygen atoms in total. The van der Waals surface area contributed by atoms with E-state index in [2.05, 4.69) is 10.2 Å². The second-order valence-corrected chi connectivity index (χ2v) is 2.80. The van der Waals surface area contributed by atoms with Crippen LogP contribution in [0.25, 0.3) is 0 Å². The molecule has 0 aromatic carbocycles. The molecular weight excluding hydrogens is 184 g/mol. The normalized spacial score (nSPS) is 19.3. The first-order valence-electron chi connectivity index (χ1n) is 3.82. The first kappa shape index (κ1) is 12.5. The Morgan fingerprint density at radius 2 is 1.21 bits per heavy atom. The number of rotatable bonds is 4. The molecule has 0 saturated heterocycles. The molecule has 0 aliphatic rings. The van der Waals surface area contributed by atoms with Gasteiger partial charge < -0.3 is 9.47 Å². The van der Waals surface area contributed by atoms with Crippen LogP contribution in [0.5, 0.6) is 0 Å². The molecule has 2 unspecified atom stereocenters. The highest BCUT2D eigenvalue weighted by molar-refractivity contribution is 4.99. The summed E-state index contributed by atoms with van der Waals surface area (Å²) in [6.07, 6.45) is 0. The van der Waals surface area contributed by atoms with Crippen molar-refractivity contribution in [3.63, 3.8) is 0 Å². The average Bonchev–Trinajstić information content (AvgIpc) is 2.25. The quantitative estimate of drug-likeness (QED) is 0.632. The number of nitrogens with zero attached hydrogens (tertiary/aromatic N) is 4. The van der Waals surface area contributed by atoms with Gasteiger partial charge in [0.05, 0.1) is 0 Å². The van der Waals surface area contributed by atoms with Crippen LogP contribution in [0.4, 0.5) is 0 Å². The Hall–Kier alpha value is -1.50. The molecule has 0 aromatic heterocycles. The molecule has 6 heteroatoms. The van der Waals surface area contributed by atoms with E-state index in [-0.39, 0.29) is 0 Å². The summed E-state index contributed by atoms with van der Waals surface area (Å²) in [5, 5.41) is 24.6. The predicted molar refractivity (Wildman–Crippen MR) is 46.9 cm³/mol. The van der Waals surface area contributed by atoms with E-state index in [0.29, 0.717) is 0 Å². The third kappa shape index (κ3) is 3.09. The minimum Gasteiger partial charge on any atom is -0.344 e. The van der Waals surface area contributed by atoms with Gasteiger partial charge in [-0.1, -0.05) is 0 Å². The smallest absolute Gasteiger partial charge is 0.263 e. The molecule has 0 saturated carbocycles. The van der Waals surface area contributed by atoms with Crippen LogP contribution in [-0.4, -0.2) is 25.7 Å². The Morgan fingerprint density at radius 1 is 0.929 bits per heavy atom. The Morgan fingerprint density at radius 3 is 1.36 bits per heavy atom. The first-order chi connectivity index (χ1) is 6.45. The van der Waals surface area contributed by atoms with Gasteiger partial charge in [-0.2, -0.15) is 10.5 Å². The highest BCUT2D eigenvalue weighted by Gasteiger charge is 2.27. The lowest BCUT2D eigenvalue weighted by Gasteiger charge is -2.16. The van der Waals surface area contributed by atoms with E-state index < -0.39 is 11.4 Å². The second-order valence-electron chi connectivity index (χ2n) is 2.80. The molecule has 0 spiro atoms. The minimum atomic E-state index is -1.38. The van der Waals surface area contributed by atoms with Gasteiger partial charge in [-0.25, -0.2) is 0 Å². The molecule has 0 fully saturated rings. The molecule has 0 bridgehead atoms. The van der Waals surface area contributed by atoms with Crippen LogP contribution in [0, 0.1) is 22.7 Å². The molecule has 0 heterocycles. The van der Waals surface area contributed by atoms with Crippen molar-refractivity contribution in [3.8, 4) is 12.1 Å². The standard InChI is InChI=1S/C8H12N4O2/c1-7(5-9,13-3)11-12-8(2,6-10)14-4/h1-4H3. The molecular formula is C8H12N4O2. The van der Waals surface area contributed by atoms with Crippen LogP contribution in [-0.2, 0) is 9.47 Å². The van der Waals surface area contributed by atoms with Crippen LogP contribution in [0.2, 0.25) is 0 Å². The van der Waals surface area contributed by atoms with Crippen molar-refractivity contribution in [2.75, 3.05) is 14.2 Å². The van der Waals surface area contributed by atoms with Crippen LogP contribution in [0.15, 0.2) is 10.2 Å². The fourth-order valence-electron chi connectivity index (χ4n) is 0.408. The van der Waals surface area contributed by atoms with Crippen molar-refractivity contribution >= 4 is 0 Å². The average molecular weight is 196 g/mol. The summed E-state index contributed by atoms with van der Waals surface area (Å²) < 4.78 is 9.57. The highest BCUT2D eigenvalue weighted by Crippen LogP contribution is 2.16. The largest absolute Gasteiger partial charge is 0.344 e. The SMILES string of the molecule is COC(C)(C#N)N=NC(C)(C#N)OC. The fraction of sp³-hybridized carbons (Fsp3) is 0.750. The topological polar surface area (TPSA) is 90.8 Å². The fourth-order valence-corrected chi connectivity index (χ4v) is 0.408. The lowest BCUT2D eigenvalue weighted by Crippen LogP contribution is -2.26. The lowest BCUT2D eigenvalue weighted by atomic mass is 10.3. The van der Waals surface area contributed by atoms with Gasteiger partial charge in [-0.3, -0.25) is 0 Å². The van der Waals surface area contributed by atoms with Crippen LogP contribution < -0.4 is 0 Å². The Labute approximate surface area is 82.8 Å². The summed E-state index contributed by atoms with van der Waals surface area (Å²) in [6.45, 7) is 2.87. The maximum atomic E-state index is 8.68. The summed E-state index contributed by atoms with van der Waals surface area (Å²) in [4.78, 5) is 0. The van der Waals surface area contributed by atoms with Gasteiger partial charge in [0.2, 0.25) is 0 Å². The maximum absolute atomic E-state index is 8.68. The molecule has 76 valence electrons. The van der Waals surface area contributed by atoms with Gasteiger partial charge >= 0.3 is 0 Å². The first-order valence-corrected chi connectivity index (χ1v) is 3.82. The molecule has 14 heavy (non-hydrogen) atoms. The molecule has 0 rings (SSSR count). The number of azo groups is 1. The predicted octanol–water partition coefficient (Wildman–Crippen LogP) is 1.21. The molecule has 2 atom stereocenters. The van der Waals surface area contributed by atoms with Gasteiger partial charge in [-0.05, 0) is 0 Å². The van der Waals surface area contributed by atoms with E-state index in [1.54, 1.807) is 12.1 Å². The van der Waals surface area contributed by atoms with Gasteiger partial charge in [-0.15, -0.1) is 10.2 Å². The number of hydrogen-bond donors (Lipinski definition) is 0. The molecule has 0 radical (unpaired) electrons. The zero-order chi connectivity index (χ0) is 11.2. The third-order valence-electron chi connectivity index (χ3n) is 1.64. The molecule has 0 aliphatic heterocycles. The van der Waals surface area contributed by atoms with Crippen LogP contribution in [0.1, 0.15) is 13.8 Å². The summed E-state index contributed by atoms with van der Waals surface area (Å²) in [5.74, 6) is 0. The third-order valence-corrected chi connectivity index (χ3v) is 1.64. The molecule has 0 aliphatic carbocycles. The van der Waals surface area contributed by atoms with E-state index in [4.69, 9.17) is 20.0 Å². The van der Waals surface area contributed by atoms with Gasteiger partial charge in [0.15, 0.2) is 0 Å². The van der Waals surface area contributed by atoms with Crippen molar-refractivity contribution in [2.24, 2.45) is 10.2 Å². The number of methoxy groups -OCH3 is 2. The lowest BCUT2D eigenvalue weighted by molar-refractivity contribution is 0.0253. The zero-order valence-corrected chi connectivity index (χ0v) is 8.61. The van der Waals surface area contributed by atoms with Crippen LogP contribution in [0.3, 0.4) is 0 Å². The Kier molecular flexibility index (Phi) is 4.16. The Bertz CT molecular complexity index is 273. The summed E-state index contributed by atoms with van der Waals surface area (Å²) in [5.41, 5.74) is -2.76. The van der Waals surface area contributed by atoms with E-state index in [9.17, 15) is 0 Å². The van der Waals surface area contributed by atoms with Crippen LogP contribution >= 0.6 is 0 Å². The van der Waals surface area contributed by atoms with Crippen molar-refractivity contribution in [1.82, 2.24) is 0 Å². The van der Waals surface area contributed by atoms with E-state index in [1.807, 2.05) is 0 Å². The van der Waals surface area contributed by atoms with E-state index >= 15 is 0 Å². The monoisotopic (exact) mass is 196 g/mol. The zero-order valence-electron chi connectivity index (χ0n) is 8.61. The molecule has 0 amide bonds. The molecule has 0 N–H and O–H groups in total. The summed E-state index contributed by atoms with van der Waals surface area (Å²) >= 11 is 0. The number of nitriles is 2. The number of ether oxygens (including phenoxy) is 2. The van der Waals surface area contributed by atoms with Crippen molar-refractivity contribution in [1.29, 1.82) is 10.5 Å². The van der Waals surface area contributed by atoms with E-state index in [0.717, 1.165) is 0 Å². The van der Waals surface area contributed by atoms with Crippen molar-refractivity contribution in [3.05, 3.63) is 0 Å². The minimum absolute atomic E-state index is 1.33. The summed E-state index contributed by atoms with van der Waals surface area (Å²) in [7, 11) is 2.66. The van der Waals surface area contributed by atoms with Gasteiger partial charge in [0.25, 0.3) is 11.4 Å². The number of hydrogen-bond acceptors (Lipinski definition) is 6. The van der Waals surface area contributed by atoms with Crippen molar-refractivity contribution < 1.29 is 9.47 Å². The van der Waals surface area contributed by atoms with E-state index in [1.165, 1.54) is 28.1 Å². The molecule has 0 aromatic rings. The Balaban J connectivity index is 4.76. The second kappa shape index (κ2) is 4.66. The summed E-state index contributed by atoms with van der Waals surface area (Å²) in [6, 6.07) is 3.60. The maximum Gasteiger partial charge on any atom is 0.263 e. The highest BCUT2D eigenvalue weighted by atomic mass is 16.5. The van der Waals surface area contributed by atoms with Crippen molar-refractivity contribution in [2.45, 2.75) is 25.3 Å².